The van der Waals surface area contributed by atoms with E-state index in [1.165, 1.54) is 23.3 Å². The topological polar surface area (TPSA) is 68.5 Å². The zero-order valence-electron chi connectivity index (χ0n) is 14.6. The molecule has 146 valence electrons. The van der Waals surface area contributed by atoms with Gasteiger partial charge in [-0.1, -0.05) is 23.7 Å². The van der Waals surface area contributed by atoms with Crippen LogP contribution in [0.4, 0.5) is 24.9 Å². The molecule has 2 aromatic heterocycles. The van der Waals surface area contributed by atoms with Gasteiger partial charge in [0, 0.05) is 18.7 Å². The number of rotatable bonds is 4. The third-order valence-electron chi connectivity index (χ3n) is 3.84. The second-order valence-electron chi connectivity index (χ2n) is 5.61. The highest BCUT2D eigenvalue weighted by atomic mass is 35.5. The minimum atomic E-state index is -4.47. The van der Waals surface area contributed by atoms with E-state index in [2.05, 4.69) is 9.97 Å². The van der Waals surface area contributed by atoms with Crippen molar-refractivity contribution < 1.29 is 27.1 Å². The molecule has 0 atom stereocenters. The molecule has 3 rings (SSSR count). The van der Waals surface area contributed by atoms with Crippen molar-refractivity contribution in [3.8, 4) is 11.4 Å². The van der Waals surface area contributed by atoms with Crippen LogP contribution in [0.25, 0.3) is 11.4 Å². The molecule has 0 amide bonds. The number of halogens is 4. The fraction of sp³-hybridized carbons (Fsp3) is 0.167. The summed E-state index contributed by atoms with van der Waals surface area (Å²) in [5.41, 5.74) is -0.766. The molecule has 10 heteroatoms. The highest BCUT2D eigenvalue weighted by Crippen LogP contribution is 2.34. The Bertz CT molecular complexity index is 990. The molecule has 0 fully saturated rings. The third-order valence-corrected chi connectivity index (χ3v) is 4.19. The van der Waals surface area contributed by atoms with E-state index in [4.69, 9.17) is 20.8 Å². The molecule has 0 saturated heterocycles. The molecule has 2 heterocycles. The quantitative estimate of drug-likeness (QED) is 0.565. The Morgan fingerprint density at radius 1 is 1.18 bits per heavy atom. The number of nitrogens with zero attached hydrogens (tertiary/aromatic N) is 3. The Morgan fingerprint density at radius 2 is 1.86 bits per heavy atom. The summed E-state index contributed by atoms with van der Waals surface area (Å²) in [7, 11) is 2.76. The van der Waals surface area contributed by atoms with Crippen LogP contribution in [0.5, 0.6) is 0 Å². The van der Waals surface area contributed by atoms with Crippen LogP contribution >= 0.6 is 11.6 Å². The number of furan rings is 1. The Hall–Kier alpha value is -3.07. The van der Waals surface area contributed by atoms with E-state index in [-0.39, 0.29) is 27.9 Å². The average Bonchev–Trinajstić information content (AvgIpc) is 3.21. The van der Waals surface area contributed by atoms with Crippen molar-refractivity contribution in [2.75, 3.05) is 19.1 Å². The van der Waals surface area contributed by atoms with Crippen LogP contribution in [0.1, 0.15) is 16.1 Å². The Balaban J connectivity index is 2.13. The number of alkyl halides is 3. The number of hydrogen-bond acceptors (Lipinski definition) is 6. The number of hydrogen-bond donors (Lipinski definition) is 0. The number of esters is 1. The maximum atomic E-state index is 12.8. The van der Waals surface area contributed by atoms with Crippen molar-refractivity contribution in [2.45, 2.75) is 6.18 Å². The maximum Gasteiger partial charge on any atom is 0.416 e. The van der Waals surface area contributed by atoms with Gasteiger partial charge in [0.1, 0.15) is 5.02 Å². The molecule has 0 bridgehead atoms. The van der Waals surface area contributed by atoms with Gasteiger partial charge in [0.15, 0.2) is 17.3 Å². The molecule has 3 aromatic rings. The summed E-state index contributed by atoms with van der Waals surface area (Å²) in [5.74, 6) is -0.293. The first-order chi connectivity index (χ1) is 13.2. The predicted octanol–water partition coefficient (Wildman–Crippen LogP) is 4.96. The summed E-state index contributed by atoms with van der Waals surface area (Å²) in [5, 5.41) is -0.0820. The SMILES string of the molecule is COC(=O)c1nc(-c2ccc(C(F)(F)F)cc2)nc(N(C)c2ccco2)c1Cl. The molecule has 0 N–H and O–H groups in total. The van der Waals surface area contributed by atoms with Crippen molar-refractivity contribution in [3.63, 3.8) is 0 Å². The lowest BCUT2D eigenvalue weighted by Crippen LogP contribution is -2.16. The summed E-state index contributed by atoms with van der Waals surface area (Å²) in [6.07, 6.45) is -3.03. The van der Waals surface area contributed by atoms with E-state index in [0.717, 1.165) is 19.2 Å². The van der Waals surface area contributed by atoms with Crippen molar-refractivity contribution in [1.82, 2.24) is 9.97 Å². The number of aromatic nitrogens is 2. The van der Waals surface area contributed by atoms with E-state index < -0.39 is 17.7 Å². The van der Waals surface area contributed by atoms with Crippen molar-refractivity contribution in [3.05, 3.63) is 58.9 Å². The van der Waals surface area contributed by atoms with Gasteiger partial charge in [-0.2, -0.15) is 13.2 Å². The summed E-state index contributed by atoms with van der Waals surface area (Å²) < 4.78 is 48.4. The summed E-state index contributed by atoms with van der Waals surface area (Å²) in [4.78, 5) is 21.9. The minimum absolute atomic E-state index is 0.00642. The molecular weight excluding hydrogens is 399 g/mol. The molecule has 0 aliphatic heterocycles. The van der Waals surface area contributed by atoms with Crippen LogP contribution in [-0.4, -0.2) is 30.1 Å². The summed E-state index contributed by atoms with van der Waals surface area (Å²) >= 11 is 6.28. The van der Waals surface area contributed by atoms with Crippen LogP contribution in [0.15, 0.2) is 47.1 Å². The molecule has 0 radical (unpaired) electrons. The van der Waals surface area contributed by atoms with Crippen molar-refractivity contribution >= 4 is 29.3 Å². The van der Waals surface area contributed by atoms with E-state index in [0.29, 0.717) is 5.88 Å². The first kappa shape index (κ1) is 19.7. The van der Waals surface area contributed by atoms with E-state index in [1.54, 1.807) is 19.2 Å². The molecule has 28 heavy (non-hydrogen) atoms. The molecule has 6 nitrogen and oxygen atoms in total. The lowest BCUT2D eigenvalue weighted by Gasteiger charge is -2.18. The third kappa shape index (κ3) is 3.79. The summed E-state index contributed by atoms with van der Waals surface area (Å²) in [6.45, 7) is 0. The van der Waals surface area contributed by atoms with Gasteiger partial charge in [-0.3, -0.25) is 4.90 Å². The van der Waals surface area contributed by atoms with Gasteiger partial charge in [0.2, 0.25) is 5.88 Å². The van der Waals surface area contributed by atoms with Crippen LogP contribution in [0.2, 0.25) is 5.02 Å². The first-order valence-corrected chi connectivity index (χ1v) is 8.21. The average molecular weight is 412 g/mol. The van der Waals surface area contributed by atoms with Crippen LogP contribution < -0.4 is 4.90 Å². The molecule has 0 aliphatic carbocycles. The normalized spacial score (nSPS) is 11.4. The molecule has 0 spiro atoms. The molecular formula is C18H13ClF3N3O3. The number of carbonyl (C=O) groups is 1. The number of benzene rings is 1. The zero-order valence-corrected chi connectivity index (χ0v) is 15.4. The molecule has 0 aliphatic rings. The first-order valence-electron chi connectivity index (χ1n) is 7.83. The fourth-order valence-corrected chi connectivity index (χ4v) is 2.68. The van der Waals surface area contributed by atoms with Crippen molar-refractivity contribution in [2.24, 2.45) is 0 Å². The predicted molar refractivity (Wildman–Crippen MR) is 95.6 cm³/mol. The largest absolute Gasteiger partial charge is 0.464 e. The smallest absolute Gasteiger partial charge is 0.416 e. The van der Waals surface area contributed by atoms with Crippen molar-refractivity contribution in [1.29, 1.82) is 0 Å². The lowest BCUT2D eigenvalue weighted by atomic mass is 10.1. The maximum absolute atomic E-state index is 12.8. The van der Waals surface area contributed by atoms with E-state index >= 15 is 0 Å². The fourth-order valence-electron chi connectivity index (χ4n) is 2.39. The van der Waals surface area contributed by atoms with Crippen LogP contribution in [0.3, 0.4) is 0 Å². The molecule has 1 aromatic carbocycles. The Morgan fingerprint density at radius 3 is 2.39 bits per heavy atom. The standard InChI is InChI=1S/C18H13ClF3N3O3/c1-25(12-4-3-9-28-12)16-13(19)14(17(26)27-2)23-15(24-16)10-5-7-11(8-6-10)18(20,21)22/h3-9H,1-2H3. The van der Waals surface area contributed by atoms with Gasteiger partial charge in [-0.05, 0) is 18.2 Å². The number of methoxy groups -OCH3 is 1. The van der Waals surface area contributed by atoms with E-state index in [1.807, 2.05) is 0 Å². The zero-order chi connectivity index (χ0) is 20.5. The second kappa shape index (κ2) is 7.51. The highest BCUT2D eigenvalue weighted by molar-refractivity contribution is 6.35. The van der Waals surface area contributed by atoms with Gasteiger partial charge in [-0.25, -0.2) is 14.8 Å². The lowest BCUT2D eigenvalue weighted by molar-refractivity contribution is -0.137. The van der Waals surface area contributed by atoms with E-state index in [9.17, 15) is 18.0 Å². The summed E-state index contributed by atoms with van der Waals surface area (Å²) in [6, 6.07) is 7.53. The van der Waals surface area contributed by atoms with Gasteiger partial charge in [0.25, 0.3) is 0 Å². The number of anilines is 2. The van der Waals surface area contributed by atoms with Crippen LogP contribution in [-0.2, 0) is 10.9 Å². The molecule has 0 unspecified atom stereocenters. The molecule has 0 saturated carbocycles. The Kier molecular flexibility index (Phi) is 5.28. The Labute approximate surface area is 162 Å². The van der Waals surface area contributed by atoms with Gasteiger partial charge in [-0.15, -0.1) is 0 Å². The highest BCUT2D eigenvalue weighted by Gasteiger charge is 2.30. The minimum Gasteiger partial charge on any atom is -0.464 e. The number of ether oxygens (including phenoxy) is 1. The number of carbonyl (C=O) groups excluding carboxylic acids is 1. The monoisotopic (exact) mass is 411 g/mol. The van der Waals surface area contributed by atoms with Gasteiger partial charge < -0.3 is 9.15 Å². The second-order valence-corrected chi connectivity index (χ2v) is 5.99. The van der Waals surface area contributed by atoms with Crippen LogP contribution in [0, 0.1) is 0 Å². The van der Waals surface area contributed by atoms with Gasteiger partial charge >= 0.3 is 12.1 Å². The van der Waals surface area contributed by atoms with Gasteiger partial charge in [0.05, 0.1) is 18.9 Å².